The summed E-state index contributed by atoms with van der Waals surface area (Å²) in [5, 5.41) is 5.64. The number of H-pyrrole nitrogens is 1. The van der Waals surface area contributed by atoms with Gasteiger partial charge in [-0.25, -0.2) is 4.98 Å². The van der Waals surface area contributed by atoms with Gasteiger partial charge < -0.3 is 27.1 Å². The highest BCUT2D eigenvalue weighted by molar-refractivity contribution is 5.45. The molecule has 0 fully saturated rings. The van der Waals surface area contributed by atoms with E-state index >= 15 is 0 Å². The Kier molecular flexibility index (Phi) is 19.2. The highest BCUT2D eigenvalue weighted by Gasteiger charge is 2.06. The molecule has 0 unspecified atom stereocenters. The van der Waals surface area contributed by atoms with Crippen molar-refractivity contribution in [1.82, 2.24) is 20.6 Å². The molecule has 7 heteroatoms. The molecule has 0 saturated carbocycles. The Morgan fingerprint density at radius 2 is 1.86 bits per heavy atom. The first kappa shape index (κ1) is 29.0. The van der Waals surface area contributed by atoms with Crippen LogP contribution in [0.4, 0.5) is 5.95 Å². The standard InChI is InChI=1S/C10H19N5.C7H16.C5H11NO/c1-2-13-6-8(11)4-3-5-9-7-14-10(12)15-9;1-5-6-7(2,3)4;1-2-3-4-6-5-7/h6-7,13H,2-5,11H2,1H3,(H3,12,14,15);5-6H2,1-4H3;5H,2-4H2,1H3,(H,6,7)/b8-6-;;. The van der Waals surface area contributed by atoms with Gasteiger partial charge in [-0.15, -0.1) is 0 Å². The minimum Gasteiger partial charge on any atom is -0.401 e. The van der Waals surface area contributed by atoms with Crippen LogP contribution >= 0.6 is 0 Å². The molecule has 0 aliphatic rings. The molecular weight excluding hydrogens is 364 g/mol. The summed E-state index contributed by atoms with van der Waals surface area (Å²) in [5.74, 6) is 0.473. The quantitative estimate of drug-likeness (QED) is 0.278. The smallest absolute Gasteiger partial charge is 0.207 e. The van der Waals surface area contributed by atoms with Crippen molar-refractivity contribution in [2.24, 2.45) is 11.1 Å². The maximum atomic E-state index is 9.57. The fraction of sp³-hybridized carbons (Fsp3) is 0.727. The van der Waals surface area contributed by atoms with Gasteiger partial charge in [0.2, 0.25) is 6.41 Å². The molecule has 1 heterocycles. The van der Waals surface area contributed by atoms with Gasteiger partial charge in [-0.2, -0.15) is 0 Å². The summed E-state index contributed by atoms with van der Waals surface area (Å²) >= 11 is 0. The zero-order chi connectivity index (χ0) is 22.5. The number of rotatable bonds is 11. The summed E-state index contributed by atoms with van der Waals surface area (Å²) in [6.07, 6.45) is 12.0. The van der Waals surface area contributed by atoms with Crippen LogP contribution in [-0.2, 0) is 11.2 Å². The van der Waals surface area contributed by atoms with E-state index in [2.05, 4.69) is 55.2 Å². The minimum atomic E-state index is 0.473. The summed E-state index contributed by atoms with van der Waals surface area (Å²) < 4.78 is 0. The van der Waals surface area contributed by atoms with E-state index < -0.39 is 0 Å². The fourth-order valence-electron chi connectivity index (χ4n) is 2.38. The van der Waals surface area contributed by atoms with Crippen LogP contribution in [0.3, 0.4) is 0 Å². The number of aromatic amines is 1. The van der Waals surface area contributed by atoms with Crippen LogP contribution in [0.15, 0.2) is 18.1 Å². The van der Waals surface area contributed by atoms with E-state index in [9.17, 15) is 4.79 Å². The first-order valence-corrected chi connectivity index (χ1v) is 10.8. The third kappa shape index (κ3) is 23.8. The van der Waals surface area contributed by atoms with Crippen LogP contribution < -0.4 is 22.1 Å². The Morgan fingerprint density at radius 3 is 2.28 bits per heavy atom. The molecule has 0 spiro atoms. The molecule has 1 aromatic heterocycles. The van der Waals surface area contributed by atoms with Crippen molar-refractivity contribution < 1.29 is 4.79 Å². The Hall–Kier alpha value is -2.18. The van der Waals surface area contributed by atoms with Crippen LogP contribution in [0.25, 0.3) is 0 Å². The normalized spacial score (nSPS) is 10.9. The molecule has 7 N–H and O–H groups in total. The summed E-state index contributed by atoms with van der Waals surface area (Å²) in [6.45, 7) is 14.9. The molecule has 0 saturated heterocycles. The predicted molar refractivity (Wildman–Crippen MR) is 125 cm³/mol. The lowest BCUT2D eigenvalue weighted by Crippen LogP contribution is -2.11. The number of nitrogens with one attached hydrogen (secondary N) is 3. The van der Waals surface area contributed by atoms with E-state index in [0.29, 0.717) is 11.4 Å². The number of hydrogen-bond acceptors (Lipinski definition) is 5. The second-order valence-electron chi connectivity index (χ2n) is 8.16. The van der Waals surface area contributed by atoms with Crippen LogP contribution in [0.5, 0.6) is 0 Å². The largest absolute Gasteiger partial charge is 0.401 e. The molecule has 170 valence electrons. The van der Waals surface area contributed by atoms with Crippen molar-refractivity contribution in [2.75, 3.05) is 18.8 Å². The molecule has 1 rings (SSSR count). The van der Waals surface area contributed by atoms with Gasteiger partial charge in [-0.05, 0) is 44.4 Å². The summed E-state index contributed by atoms with van der Waals surface area (Å²) in [5.41, 5.74) is 13.7. The van der Waals surface area contributed by atoms with Crippen molar-refractivity contribution in [3.05, 3.63) is 23.8 Å². The molecule has 29 heavy (non-hydrogen) atoms. The summed E-state index contributed by atoms with van der Waals surface area (Å²) in [7, 11) is 0. The third-order valence-corrected chi connectivity index (χ3v) is 3.81. The van der Waals surface area contributed by atoms with Gasteiger partial charge in [0, 0.05) is 30.7 Å². The zero-order valence-electron chi connectivity index (χ0n) is 19.6. The monoisotopic (exact) mass is 410 g/mol. The highest BCUT2D eigenvalue weighted by atomic mass is 16.1. The second kappa shape index (κ2) is 19.2. The number of carbonyl (C=O) groups excluding carboxylic acids is 1. The van der Waals surface area contributed by atoms with Crippen LogP contribution in [0, 0.1) is 5.41 Å². The second-order valence-corrected chi connectivity index (χ2v) is 8.16. The van der Waals surface area contributed by atoms with E-state index in [1.54, 1.807) is 6.20 Å². The molecule has 0 aliphatic carbocycles. The molecule has 1 aromatic rings. The molecule has 0 atom stereocenters. The number of allylic oxidation sites excluding steroid dienone is 1. The van der Waals surface area contributed by atoms with Crippen molar-refractivity contribution in [3.63, 3.8) is 0 Å². The van der Waals surface area contributed by atoms with E-state index in [4.69, 9.17) is 11.5 Å². The van der Waals surface area contributed by atoms with Crippen LogP contribution in [0.2, 0.25) is 0 Å². The van der Waals surface area contributed by atoms with Gasteiger partial charge in [0.05, 0.1) is 6.20 Å². The lowest BCUT2D eigenvalue weighted by molar-refractivity contribution is -0.109. The zero-order valence-corrected chi connectivity index (χ0v) is 19.6. The lowest BCUT2D eigenvalue weighted by atomic mass is 9.91. The number of hydrogen-bond donors (Lipinski definition) is 5. The van der Waals surface area contributed by atoms with Crippen molar-refractivity contribution >= 4 is 12.4 Å². The van der Waals surface area contributed by atoms with Crippen molar-refractivity contribution in [3.8, 4) is 0 Å². The number of nitrogen functional groups attached to an aromatic ring is 1. The van der Waals surface area contributed by atoms with E-state index in [1.165, 1.54) is 12.8 Å². The number of unbranched alkanes of at least 4 members (excludes halogenated alkanes) is 1. The number of imidazole rings is 1. The van der Waals surface area contributed by atoms with E-state index in [0.717, 1.165) is 63.0 Å². The molecule has 0 bridgehead atoms. The van der Waals surface area contributed by atoms with Gasteiger partial charge in [-0.3, -0.25) is 4.79 Å². The van der Waals surface area contributed by atoms with Gasteiger partial charge in [0.1, 0.15) is 0 Å². The van der Waals surface area contributed by atoms with Gasteiger partial charge >= 0.3 is 0 Å². The fourth-order valence-corrected chi connectivity index (χ4v) is 2.38. The minimum absolute atomic E-state index is 0.473. The summed E-state index contributed by atoms with van der Waals surface area (Å²) in [6, 6.07) is 0. The number of amides is 1. The molecule has 0 aliphatic heterocycles. The lowest BCUT2D eigenvalue weighted by Gasteiger charge is -2.15. The maximum absolute atomic E-state index is 9.57. The SMILES string of the molecule is CCCC(C)(C)C.CCCCNC=O.CCN/C=C(\N)CCCc1cnc(N)[nH]1. The number of anilines is 1. The summed E-state index contributed by atoms with van der Waals surface area (Å²) in [4.78, 5) is 16.5. The predicted octanol–water partition coefficient (Wildman–Crippen LogP) is 4.09. The van der Waals surface area contributed by atoms with Crippen molar-refractivity contribution in [1.29, 1.82) is 0 Å². The molecule has 0 aromatic carbocycles. The van der Waals surface area contributed by atoms with Gasteiger partial charge in [-0.1, -0.05) is 47.5 Å². The Morgan fingerprint density at radius 1 is 1.17 bits per heavy atom. The topological polar surface area (TPSA) is 122 Å². The Bertz CT molecular complexity index is 520. The number of aromatic nitrogens is 2. The average molecular weight is 411 g/mol. The van der Waals surface area contributed by atoms with Crippen molar-refractivity contribution in [2.45, 2.75) is 86.5 Å². The molecule has 0 radical (unpaired) electrons. The number of nitrogens with two attached hydrogens (primary N) is 2. The Balaban J connectivity index is 0. The number of nitrogens with zero attached hydrogens (tertiary/aromatic N) is 1. The Labute approximate surface area is 178 Å². The first-order valence-electron chi connectivity index (χ1n) is 10.8. The highest BCUT2D eigenvalue weighted by Crippen LogP contribution is 2.19. The molecule has 1 amide bonds. The van der Waals surface area contributed by atoms with Gasteiger partial charge in [0.15, 0.2) is 5.95 Å². The van der Waals surface area contributed by atoms with E-state index in [1.807, 2.05) is 13.1 Å². The van der Waals surface area contributed by atoms with Crippen LogP contribution in [-0.4, -0.2) is 29.5 Å². The third-order valence-electron chi connectivity index (χ3n) is 3.81. The average Bonchev–Trinajstić information content (AvgIpc) is 3.06. The van der Waals surface area contributed by atoms with Gasteiger partial charge in [0.25, 0.3) is 0 Å². The molecular formula is C22H46N6O. The first-order chi connectivity index (χ1) is 13.7. The van der Waals surface area contributed by atoms with E-state index in [-0.39, 0.29) is 0 Å². The molecule has 7 nitrogen and oxygen atoms in total. The number of carbonyl (C=O) groups is 1. The number of aryl methyl sites for hydroxylation is 1. The van der Waals surface area contributed by atoms with Crippen LogP contribution in [0.1, 0.15) is 85.8 Å². The maximum Gasteiger partial charge on any atom is 0.207 e.